The van der Waals surface area contributed by atoms with E-state index in [0.717, 1.165) is 39.5 Å². The molecule has 1 saturated heterocycles. The monoisotopic (exact) mass is 528 g/mol. The van der Waals surface area contributed by atoms with Crippen LogP contribution in [0.3, 0.4) is 0 Å². The fourth-order valence-corrected chi connectivity index (χ4v) is 5.13. The molecule has 0 aliphatic carbocycles. The van der Waals surface area contributed by atoms with Crippen LogP contribution < -0.4 is 4.74 Å². The summed E-state index contributed by atoms with van der Waals surface area (Å²) in [4.78, 5) is 28.8. The molecule has 1 aromatic heterocycles. The summed E-state index contributed by atoms with van der Waals surface area (Å²) in [6.07, 6.45) is -0.133. The predicted octanol–water partition coefficient (Wildman–Crippen LogP) is 5.78. The molecule has 0 spiro atoms. The van der Waals surface area contributed by atoms with Crippen molar-refractivity contribution in [3.63, 3.8) is 0 Å². The van der Waals surface area contributed by atoms with Gasteiger partial charge in [0.15, 0.2) is 11.6 Å². The lowest BCUT2D eigenvalue weighted by atomic mass is 9.97. The minimum Gasteiger partial charge on any atom is -0.491 e. The van der Waals surface area contributed by atoms with Crippen molar-refractivity contribution in [2.75, 3.05) is 13.2 Å². The lowest BCUT2D eigenvalue weighted by molar-refractivity contribution is -0.141. The van der Waals surface area contributed by atoms with Crippen molar-refractivity contribution < 1.29 is 28.6 Å². The maximum absolute atomic E-state index is 13.6. The minimum atomic E-state index is -0.594. The number of fused-ring (bicyclic) bond motifs is 3. The highest BCUT2D eigenvalue weighted by atomic mass is 16.7. The second-order valence-electron chi connectivity index (χ2n) is 10.2. The smallest absolute Gasteiger partial charge is 0.323 e. The molecule has 1 aliphatic rings. The molecule has 202 valence electrons. The van der Waals surface area contributed by atoms with Crippen LogP contribution in [0.4, 0.5) is 0 Å². The van der Waals surface area contributed by atoms with E-state index in [1.54, 1.807) is 6.92 Å². The first-order valence-electron chi connectivity index (χ1n) is 13.0. The van der Waals surface area contributed by atoms with Crippen LogP contribution in [0.15, 0.2) is 59.8 Å². The fourth-order valence-electron chi connectivity index (χ4n) is 5.13. The second kappa shape index (κ2) is 10.6. The topological polar surface area (TPSA) is 88.3 Å². The Kier molecular flexibility index (Phi) is 7.25. The Morgan fingerprint density at radius 2 is 1.77 bits per heavy atom. The molecule has 5 rings (SSSR count). The second-order valence-corrected chi connectivity index (χ2v) is 10.2. The molecule has 39 heavy (non-hydrogen) atoms. The third kappa shape index (κ3) is 5.30. The normalized spacial score (nSPS) is 17.1. The van der Waals surface area contributed by atoms with Crippen LogP contribution in [0.5, 0.6) is 5.75 Å². The van der Waals surface area contributed by atoms with Gasteiger partial charge in [-0.3, -0.25) is 9.59 Å². The molecular weight excluding hydrogens is 496 g/mol. The summed E-state index contributed by atoms with van der Waals surface area (Å²) in [7, 11) is 0. The maximum atomic E-state index is 13.6. The van der Waals surface area contributed by atoms with Gasteiger partial charge in [-0.2, -0.15) is 0 Å². The summed E-state index contributed by atoms with van der Waals surface area (Å²) in [6.45, 7) is 11.5. The van der Waals surface area contributed by atoms with Gasteiger partial charge in [-0.15, -0.1) is 0 Å². The zero-order chi connectivity index (χ0) is 27.7. The first kappa shape index (κ1) is 26.6. The van der Waals surface area contributed by atoms with Gasteiger partial charge in [-0.1, -0.05) is 11.2 Å². The van der Waals surface area contributed by atoms with Crippen molar-refractivity contribution in [2.24, 2.45) is 5.16 Å². The van der Waals surface area contributed by atoms with Crippen LogP contribution in [0.2, 0.25) is 0 Å². The number of ether oxygens (including phenoxy) is 3. The number of aromatic nitrogens is 1. The van der Waals surface area contributed by atoms with Gasteiger partial charge >= 0.3 is 6.47 Å². The summed E-state index contributed by atoms with van der Waals surface area (Å²) in [5.74, 6) is 0.0339. The zero-order valence-corrected chi connectivity index (χ0v) is 22.8. The number of benzene rings is 3. The van der Waals surface area contributed by atoms with Gasteiger partial charge in [0.2, 0.25) is 0 Å². The summed E-state index contributed by atoms with van der Waals surface area (Å²) < 4.78 is 19.5. The number of aryl methyl sites for hydroxylation is 2. The number of carbonyl (C=O) groups excluding carboxylic acids is 2. The molecule has 1 atom stereocenters. The number of hydrogen-bond acceptors (Lipinski definition) is 7. The van der Waals surface area contributed by atoms with E-state index in [4.69, 9.17) is 14.2 Å². The molecule has 0 saturated carbocycles. The SMILES string of the molecule is CCn1c2ccc(C(=O)c3ccc(OCC4COC(C)(C)O4)cc3C)cc2c2cc(/C(C)=N\OC=O)ccc21. The van der Waals surface area contributed by atoms with Crippen molar-refractivity contribution in [2.45, 2.75) is 53.1 Å². The van der Waals surface area contributed by atoms with Crippen LogP contribution in [0.25, 0.3) is 21.8 Å². The average molecular weight is 529 g/mol. The summed E-state index contributed by atoms with van der Waals surface area (Å²) in [5, 5.41) is 5.81. The first-order valence-corrected chi connectivity index (χ1v) is 13.0. The molecule has 1 aliphatic heterocycles. The van der Waals surface area contributed by atoms with Gasteiger partial charge in [-0.25, -0.2) is 0 Å². The highest BCUT2D eigenvalue weighted by Gasteiger charge is 2.33. The number of oxime groups is 1. The molecule has 4 aromatic rings. The van der Waals surface area contributed by atoms with Crippen LogP contribution in [-0.2, 0) is 25.7 Å². The number of carbonyl (C=O) groups is 2. The van der Waals surface area contributed by atoms with E-state index < -0.39 is 5.79 Å². The lowest BCUT2D eigenvalue weighted by Crippen LogP contribution is -2.25. The van der Waals surface area contributed by atoms with Crippen LogP contribution >= 0.6 is 0 Å². The van der Waals surface area contributed by atoms with Crippen molar-refractivity contribution in [1.82, 2.24) is 4.57 Å². The Labute approximate surface area is 227 Å². The van der Waals surface area contributed by atoms with E-state index in [9.17, 15) is 9.59 Å². The Morgan fingerprint density at radius 3 is 2.38 bits per heavy atom. The maximum Gasteiger partial charge on any atom is 0.323 e. The standard InChI is InChI=1S/C31H32N2O6/c1-6-33-28-11-7-21(20(3)32-38-18-34)14-26(28)27-15-22(8-12-29(27)33)30(35)25-10-9-23(13-19(25)2)36-16-24-17-37-31(4,5)39-24/h7-15,18,24H,6,16-17H2,1-5H3/b32-20-. The molecule has 8 heteroatoms. The van der Waals surface area contributed by atoms with E-state index in [1.165, 1.54) is 0 Å². The Morgan fingerprint density at radius 1 is 1.08 bits per heavy atom. The number of nitrogens with zero attached hydrogens (tertiary/aromatic N) is 2. The van der Waals surface area contributed by atoms with Gasteiger partial charge in [0.05, 0.1) is 12.3 Å². The van der Waals surface area contributed by atoms with E-state index in [1.807, 2.05) is 75.4 Å². The molecule has 3 aromatic carbocycles. The quantitative estimate of drug-likeness (QED) is 0.0900. The molecule has 0 bridgehead atoms. The van der Waals surface area contributed by atoms with Gasteiger partial charge in [0.25, 0.3) is 0 Å². The minimum absolute atomic E-state index is 0.0547. The van der Waals surface area contributed by atoms with Gasteiger partial charge in [0.1, 0.15) is 18.5 Å². The molecule has 8 nitrogen and oxygen atoms in total. The third-order valence-corrected chi connectivity index (χ3v) is 7.04. The first-order chi connectivity index (χ1) is 18.7. The average Bonchev–Trinajstić information content (AvgIpc) is 3.45. The molecular formula is C31H32N2O6. The summed E-state index contributed by atoms with van der Waals surface area (Å²) in [6, 6.07) is 17.3. The van der Waals surface area contributed by atoms with Crippen LogP contribution in [-0.4, -0.2) is 47.6 Å². The molecule has 0 radical (unpaired) electrons. The molecule has 1 fully saturated rings. The zero-order valence-electron chi connectivity index (χ0n) is 22.8. The van der Waals surface area contributed by atoms with Crippen molar-refractivity contribution in [3.8, 4) is 5.75 Å². The molecule has 2 heterocycles. The van der Waals surface area contributed by atoms with E-state index in [2.05, 4.69) is 21.5 Å². The van der Waals surface area contributed by atoms with Crippen molar-refractivity contribution in [1.29, 1.82) is 0 Å². The number of rotatable bonds is 9. The summed E-state index contributed by atoms with van der Waals surface area (Å²) >= 11 is 0. The predicted molar refractivity (Wildman–Crippen MR) is 149 cm³/mol. The number of hydrogen-bond donors (Lipinski definition) is 0. The molecule has 1 unspecified atom stereocenters. The van der Waals surface area contributed by atoms with Gasteiger partial charge in [-0.05, 0) is 94.3 Å². The van der Waals surface area contributed by atoms with Gasteiger partial charge in [0, 0.05) is 39.5 Å². The number of ketones is 1. The Hall–Kier alpha value is -4.01. The highest BCUT2D eigenvalue weighted by molar-refractivity contribution is 6.16. The van der Waals surface area contributed by atoms with Crippen LogP contribution in [0, 0.1) is 6.92 Å². The Bertz CT molecular complexity index is 1600. The Balaban J connectivity index is 1.44. The fraction of sp³-hybridized carbons (Fsp3) is 0.323. The van der Waals surface area contributed by atoms with E-state index in [0.29, 0.717) is 42.3 Å². The summed E-state index contributed by atoms with van der Waals surface area (Å²) in [5.41, 5.74) is 5.58. The van der Waals surface area contributed by atoms with Crippen LogP contribution in [0.1, 0.15) is 54.7 Å². The lowest BCUT2D eigenvalue weighted by Gasteiger charge is -2.17. The van der Waals surface area contributed by atoms with Crippen molar-refractivity contribution >= 4 is 39.8 Å². The largest absolute Gasteiger partial charge is 0.491 e. The van der Waals surface area contributed by atoms with E-state index >= 15 is 0 Å². The van der Waals surface area contributed by atoms with Crippen molar-refractivity contribution in [3.05, 3.63) is 76.9 Å². The third-order valence-electron chi connectivity index (χ3n) is 7.04. The molecule has 0 N–H and O–H groups in total. The molecule has 0 amide bonds. The van der Waals surface area contributed by atoms with Gasteiger partial charge < -0.3 is 23.6 Å². The van der Waals surface area contributed by atoms with E-state index in [-0.39, 0.29) is 11.9 Å². The highest BCUT2D eigenvalue weighted by Crippen LogP contribution is 2.32.